The standard InChI is InChI=1S/C13H16FNO2S/c1-9-2-3-10(8-11(9)14)15-12(16)13(17)4-6-18-7-5-13/h2-3,8,17H,4-7H2,1H3,(H,15,16). The molecule has 1 fully saturated rings. The number of rotatable bonds is 2. The smallest absolute Gasteiger partial charge is 0.256 e. The van der Waals surface area contributed by atoms with Crippen molar-refractivity contribution in [1.29, 1.82) is 0 Å². The molecule has 1 saturated heterocycles. The Bertz CT molecular complexity index is 458. The zero-order valence-corrected chi connectivity index (χ0v) is 11.0. The van der Waals surface area contributed by atoms with E-state index in [0.717, 1.165) is 11.5 Å². The summed E-state index contributed by atoms with van der Waals surface area (Å²) in [5, 5.41) is 12.8. The Morgan fingerprint density at radius 3 is 2.72 bits per heavy atom. The van der Waals surface area contributed by atoms with Gasteiger partial charge in [-0.25, -0.2) is 4.39 Å². The van der Waals surface area contributed by atoms with Gasteiger partial charge in [-0.15, -0.1) is 0 Å². The first kappa shape index (κ1) is 13.4. The quantitative estimate of drug-likeness (QED) is 0.866. The first-order chi connectivity index (χ1) is 8.51. The third kappa shape index (κ3) is 2.84. The molecule has 5 heteroatoms. The van der Waals surface area contributed by atoms with Gasteiger partial charge in [-0.1, -0.05) is 6.07 Å². The normalized spacial score (nSPS) is 18.4. The number of hydrogen-bond acceptors (Lipinski definition) is 3. The van der Waals surface area contributed by atoms with E-state index in [-0.39, 0.29) is 5.82 Å². The minimum atomic E-state index is -1.31. The molecule has 0 spiro atoms. The number of hydrogen-bond donors (Lipinski definition) is 2. The maximum Gasteiger partial charge on any atom is 0.256 e. The third-order valence-electron chi connectivity index (χ3n) is 3.17. The highest BCUT2D eigenvalue weighted by Gasteiger charge is 2.37. The summed E-state index contributed by atoms with van der Waals surface area (Å²) in [7, 11) is 0. The van der Waals surface area contributed by atoms with Crippen LogP contribution in [0.25, 0.3) is 0 Å². The number of anilines is 1. The van der Waals surface area contributed by atoms with E-state index in [0.29, 0.717) is 24.1 Å². The average molecular weight is 269 g/mol. The van der Waals surface area contributed by atoms with Crippen LogP contribution in [0.4, 0.5) is 10.1 Å². The third-order valence-corrected chi connectivity index (χ3v) is 4.16. The van der Waals surface area contributed by atoms with Gasteiger partial charge in [-0.2, -0.15) is 11.8 Å². The lowest BCUT2D eigenvalue weighted by Gasteiger charge is -2.30. The van der Waals surface area contributed by atoms with Gasteiger partial charge in [0.15, 0.2) is 0 Å². The number of aliphatic hydroxyl groups is 1. The van der Waals surface area contributed by atoms with Crippen molar-refractivity contribution in [2.75, 3.05) is 16.8 Å². The van der Waals surface area contributed by atoms with Crippen LogP contribution in [0.5, 0.6) is 0 Å². The molecule has 98 valence electrons. The molecule has 1 amide bonds. The molecular formula is C13H16FNO2S. The van der Waals surface area contributed by atoms with Crippen LogP contribution in [0, 0.1) is 12.7 Å². The zero-order chi connectivity index (χ0) is 13.2. The van der Waals surface area contributed by atoms with Gasteiger partial charge in [-0.05, 0) is 49.0 Å². The summed E-state index contributed by atoms with van der Waals surface area (Å²) in [6.45, 7) is 1.66. The van der Waals surface area contributed by atoms with Gasteiger partial charge in [0.1, 0.15) is 11.4 Å². The van der Waals surface area contributed by atoms with E-state index in [1.165, 1.54) is 6.07 Å². The number of benzene rings is 1. The van der Waals surface area contributed by atoms with Crippen molar-refractivity contribution in [3.63, 3.8) is 0 Å². The van der Waals surface area contributed by atoms with Crippen molar-refractivity contribution >= 4 is 23.4 Å². The summed E-state index contributed by atoms with van der Waals surface area (Å²) in [6, 6.07) is 4.51. The largest absolute Gasteiger partial charge is 0.380 e. The predicted molar refractivity (Wildman–Crippen MR) is 71.3 cm³/mol. The first-order valence-corrected chi connectivity index (χ1v) is 7.04. The fourth-order valence-corrected chi connectivity index (χ4v) is 3.02. The molecule has 0 aromatic heterocycles. The van der Waals surface area contributed by atoms with Crippen molar-refractivity contribution in [3.05, 3.63) is 29.6 Å². The predicted octanol–water partition coefficient (Wildman–Crippen LogP) is 2.33. The fourth-order valence-electron chi connectivity index (χ4n) is 1.85. The first-order valence-electron chi connectivity index (χ1n) is 5.89. The van der Waals surface area contributed by atoms with Crippen LogP contribution in [0.15, 0.2) is 18.2 Å². The number of aryl methyl sites for hydroxylation is 1. The second kappa shape index (κ2) is 5.28. The minimum Gasteiger partial charge on any atom is -0.380 e. The Morgan fingerprint density at radius 2 is 2.11 bits per heavy atom. The summed E-state index contributed by atoms with van der Waals surface area (Å²) >= 11 is 1.73. The fraction of sp³-hybridized carbons (Fsp3) is 0.462. The van der Waals surface area contributed by atoms with Crippen LogP contribution in [0.1, 0.15) is 18.4 Å². The van der Waals surface area contributed by atoms with Crippen molar-refractivity contribution in [1.82, 2.24) is 0 Å². The van der Waals surface area contributed by atoms with Crippen molar-refractivity contribution < 1.29 is 14.3 Å². The molecule has 18 heavy (non-hydrogen) atoms. The van der Waals surface area contributed by atoms with Gasteiger partial charge in [0.2, 0.25) is 0 Å². The highest BCUT2D eigenvalue weighted by molar-refractivity contribution is 7.99. The topological polar surface area (TPSA) is 49.3 Å². The number of carbonyl (C=O) groups excluding carboxylic acids is 1. The highest BCUT2D eigenvalue weighted by atomic mass is 32.2. The molecule has 2 rings (SSSR count). The molecule has 0 bridgehead atoms. The average Bonchev–Trinajstić information content (AvgIpc) is 2.35. The Balaban J connectivity index is 2.08. The van der Waals surface area contributed by atoms with Crippen molar-refractivity contribution in [2.45, 2.75) is 25.4 Å². The molecule has 1 aliphatic rings. The molecule has 1 aromatic carbocycles. The highest BCUT2D eigenvalue weighted by Crippen LogP contribution is 2.28. The van der Waals surface area contributed by atoms with Crippen molar-refractivity contribution in [3.8, 4) is 0 Å². The van der Waals surface area contributed by atoms with Crippen LogP contribution < -0.4 is 5.32 Å². The Kier molecular flexibility index (Phi) is 3.92. The van der Waals surface area contributed by atoms with E-state index in [2.05, 4.69) is 5.32 Å². The van der Waals surface area contributed by atoms with Gasteiger partial charge in [0, 0.05) is 5.69 Å². The van der Waals surface area contributed by atoms with E-state index >= 15 is 0 Å². The SMILES string of the molecule is Cc1ccc(NC(=O)C2(O)CCSCC2)cc1F. The molecule has 1 aliphatic heterocycles. The monoisotopic (exact) mass is 269 g/mol. The lowest BCUT2D eigenvalue weighted by molar-refractivity contribution is -0.134. The summed E-state index contributed by atoms with van der Waals surface area (Å²) < 4.78 is 13.4. The molecule has 0 radical (unpaired) electrons. The van der Waals surface area contributed by atoms with E-state index in [1.54, 1.807) is 30.8 Å². The molecule has 0 unspecified atom stereocenters. The summed E-state index contributed by atoms with van der Waals surface area (Å²) in [4.78, 5) is 12.0. The van der Waals surface area contributed by atoms with Crippen LogP contribution in [-0.2, 0) is 4.79 Å². The molecule has 0 aliphatic carbocycles. The van der Waals surface area contributed by atoms with Crippen molar-refractivity contribution in [2.24, 2.45) is 0 Å². The van der Waals surface area contributed by atoms with E-state index in [1.807, 2.05) is 0 Å². The van der Waals surface area contributed by atoms with Gasteiger partial charge in [0.05, 0.1) is 0 Å². The summed E-state index contributed by atoms with van der Waals surface area (Å²) in [6.07, 6.45) is 0.885. The Labute approximate surface area is 110 Å². The lowest BCUT2D eigenvalue weighted by Crippen LogP contribution is -2.45. The number of halogens is 1. The second-order valence-corrected chi connectivity index (χ2v) is 5.79. The second-order valence-electron chi connectivity index (χ2n) is 4.56. The van der Waals surface area contributed by atoms with Gasteiger partial charge in [-0.3, -0.25) is 4.79 Å². The number of carbonyl (C=O) groups is 1. The molecule has 1 aromatic rings. The zero-order valence-electron chi connectivity index (χ0n) is 10.2. The summed E-state index contributed by atoms with van der Waals surface area (Å²) in [5.41, 5.74) is -0.400. The maximum atomic E-state index is 13.4. The molecule has 0 saturated carbocycles. The van der Waals surface area contributed by atoms with E-state index < -0.39 is 11.5 Å². The molecule has 2 N–H and O–H groups in total. The molecule has 3 nitrogen and oxygen atoms in total. The minimum absolute atomic E-state index is 0.362. The van der Waals surface area contributed by atoms with E-state index in [9.17, 15) is 14.3 Å². The van der Waals surface area contributed by atoms with Gasteiger partial charge in [0.25, 0.3) is 5.91 Å². The molecule has 1 heterocycles. The Morgan fingerprint density at radius 1 is 1.44 bits per heavy atom. The maximum absolute atomic E-state index is 13.4. The van der Waals surface area contributed by atoms with Crippen LogP contribution in [0.3, 0.4) is 0 Å². The number of amides is 1. The van der Waals surface area contributed by atoms with E-state index in [4.69, 9.17) is 0 Å². The summed E-state index contributed by atoms with van der Waals surface area (Å²) in [5.74, 6) is 0.739. The number of nitrogens with one attached hydrogen (secondary N) is 1. The van der Waals surface area contributed by atoms with Gasteiger partial charge >= 0.3 is 0 Å². The molecular weight excluding hydrogens is 253 g/mol. The lowest BCUT2D eigenvalue weighted by atomic mass is 9.95. The van der Waals surface area contributed by atoms with Crippen LogP contribution >= 0.6 is 11.8 Å². The van der Waals surface area contributed by atoms with Crippen LogP contribution in [0.2, 0.25) is 0 Å². The van der Waals surface area contributed by atoms with Gasteiger partial charge < -0.3 is 10.4 Å². The molecule has 0 atom stereocenters. The van der Waals surface area contributed by atoms with Crippen LogP contribution in [-0.4, -0.2) is 28.1 Å². The number of thioether (sulfide) groups is 1. The Hall–Kier alpha value is -1.07.